The van der Waals surface area contributed by atoms with Gasteiger partial charge in [0.15, 0.2) is 58.7 Å². The molecule has 2 aromatic carbocycles. The Labute approximate surface area is 457 Å². The summed E-state index contributed by atoms with van der Waals surface area (Å²) < 4.78 is 17.4. The van der Waals surface area contributed by atoms with Gasteiger partial charge in [-0.15, -0.1) is 0 Å². The highest BCUT2D eigenvalue weighted by Crippen LogP contribution is 2.51. The average Bonchev–Trinajstić information content (AvgIpc) is 4.39. The zero-order valence-electron chi connectivity index (χ0n) is 45.0. The number of ketones is 3. The van der Waals surface area contributed by atoms with Crippen molar-refractivity contribution in [2.24, 2.45) is 23.5 Å². The summed E-state index contributed by atoms with van der Waals surface area (Å²) in [6, 6.07) is 17.8. The molecule has 9 aliphatic rings. The molecule has 18 nitrogen and oxygen atoms in total. The van der Waals surface area contributed by atoms with Gasteiger partial charge in [-0.1, -0.05) is 138 Å². The number of likely N-dealkylation sites (tertiary alicyclic amines) is 3. The Morgan fingerprint density at radius 3 is 1.67 bits per heavy atom. The van der Waals surface area contributed by atoms with E-state index in [0.717, 1.165) is 102 Å². The van der Waals surface area contributed by atoms with Gasteiger partial charge in [0, 0.05) is 26.1 Å². The van der Waals surface area contributed by atoms with E-state index in [1.54, 1.807) is 4.90 Å². The number of Topliss-reactive ketones (excluding diaryl/α,β-unsaturated/α-hetero) is 3. The van der Waals surface area contributed by atoms with Crippen molar-refractivity contribution < 1.29 is 57.4 Å². The fraction of sp³-hybridized carbons (Fsp3) is 0.650. The summed E-state index contributed by atoms with van der Waals surface area (Å²) in [7, 11) is 0. The van der Waals surface area contributed by atoms with Gasteiger partial charge in [0.1, 0.15) is 19.8 Å². The Morgan fingerprint density at radius 1 is 0.615 bits per heavy atom. The molecule has 11 rings (SSSR count). The van der Waals surface area contributed by atoms with Crippen LogP contribution in [0, 0.1) is 17.8 Å². The molecule has 3 amide bonds. The minimum atomic E-state index is -1.99. The minimum Gasteiger partial charge on any atom is -0.368 e. The monoisotopic (exact) mass is 1070 g/mol. The SMILES string of the molecule is NC(=O)C12C(=O)COC1CCN2C(C=O)(CC1CCCC1)N(C(=O)Cc1ccccc1)C(C=O)(CC1CCCC1)N1CCC2OCC(=O)C21.O=CC(CC1CCCC1)(NC(=O)CCc1ccccc1)N1CCC2OCC(=O)C21. The molecule has 3 saturated carbocycles. The van der Waals surface area contributed by atoms with Crippen molar-refractivity contribution >= 4 is 53.9 Å². The lowest BCUT2D eigenvalue weighted by Crippen LogP contribution is -2.80. The van der Waals surface area contributed by atoms with Crippen LogP contribution in [0.1, 0.15) is 133 Å². The number of benzene rings is 2. The van der Waals surface area contributed by atoms with Crippen LogP contribution in [0.4, 0.5) is 0 Å². The summed E-state index contributed by atoms with van der Waals surface area (Å²) in [6.07, 6.45) is 15.5. The quantitative estimate of drug-likeness (QED) is 0.132. The van der Waals surface area contributed by atoms with Crippen molar-refractivity contribution in [2.45, 2.75) is 188 Å². The smallest absolute Gasteiger partial charge is 0.248 e. The van der Waals surface area contributed by atoms with Crippen molar-refractivity contribution in [3.05, 3.63) is 71.8 Å². The van der Waals surface area contributed by atoms with Crippen LogP contribution >= 0.6 is 0 Å². The number of carbonyl (C=O) groups excluding carboxylic acids is 9. The molecule has 0 bridgehead atoms. The van der Waals surface area contributed by atoms with Crippen molar-refractivity contribution in [2.75, 3.05) is 39.5 Å². The predicted octanol–water partition coefficient (Wildman–Crippen LogP) is 4.20. The van der Waals surface area contributed by atoms with Crippen LogP contribution < -0.4 is 11.1 Å². The number of aryl methyl sites for hydroxylation is 1. The number of carbonyl (C=O) groups is 9. The van der Waals surface area contributed by atoms with E-state index < -0.39 is 64.4 Å². The van der Waals surface area contributed by atoms with Crippen LogP contribution in [-0.2, 0) is 70.2 Å². The predicted molar refractivity (Wildman–Crippen MR) is 284 cm³/mol. The number of amides is 3. The van der Waals surface area contributed by atoms with E-state index in [4.69, 9.17) is 19.9 Å². The first-order valence-corrected chi connectivity index (χ1v) is 29.0. The molecule has 0 aromatic heterocycles. The lowest BCUT2D eigenvalue weighted by molar-refractivity contribution is -0.202. The number of hydrogen-bond donors (Lipinski definition) is 2. The van der Waals surface area contributed by atoms with Crippen molar-refractivity contribution in [1.29, 1.82) is 0 Å². The molecule has 18 heteroatoms. The van der Waals surface area contributed by atoms with Gasteiger partial charge < -0.3 is 25.3 Å². The van der Waals surface area contributed by atoms with Crippen molar-refractivity contribution in [1.82, 2.24) is 24.9 Å². The fourth-order valence-electron chi connectivity index (χ4n) is 15.8. The summed E-state index contributed by atoms with van der Waals surface area (Å²) in [6.45, 7) is 0.631. The number of rotatable bonds is 21. The molecule has 0 radical (unpaired) electrons. The van der Waals surface area contributed by atoms with E-state index in [0.29, 0.717) is 56.5 Å². The lowest BCUT2D eigenvalue weighted by Gasteiger charge is -2.59. The van der Waals surface area contributed by atoms with Crippen LogP contribution in [-0.4, -0.2) is 166 Å². The van der Waals surface area contributed by atoms with E-state index in [1.807, 2.05) is 70.5 Å². The van der Waals surface area contributed by atoms with Crippen LogP contribution in [0.3, 0.4) is 0 Å². The number of fused-ring (bicyclic) bond motifs is 3. The number of aldehydes is 3. The molecular weight excluding hydrogens is 997 g/mol. The Balaban J connectivity index is 0.000000202. The summed E-state index contributed by atoms with van der Waals surface area (Å²) in [5, 5.41) is 3.06. The van der Waals surface area contributed by atoms with E-state index in [2.05, 4.69) is 5.32 Å². The second-order valence-corrected chi connectivity index (χ2v) is 23.8. The van der Waals surface area contributed by atoms with Gasteiger partial charge in [-0.3, -0.25) is 62.8 Å². The summed E-state index contributed by atoms with van der Waals surface area (Å²) in [4.78, 5) is 130. The maximum Gasteiger partial charge on any atom is 0.248 e. The summed E-state index contributed by atoms with van der Waals surface area (Å²) >= 11 is 0. The second-order valence-electron chi connectivity index (χ2n) is 23.8. The number of nitrogens with zero attached hydrogens (tertiary/aromatic N) is 4. The van der Waals surface area contributed by atoms with E-state index in [-0.39, 0.29) is 87.5 Å². The zero-order chi connectivity index (χ0) is 54.7. The zero-order valence-corrected chi connectivity index (χ0v) is 45.0. The van der Waals surface area contributed by atoms with Gasteiger partial charge >= 0.3 is 0 Å². The van der Waals surface area contributed by atoms with Crippen LogP contribution in [0.2, 0.25) is 0 Å². The second kappa shape index (κ2) is 23.8. The number of primary amides is 1. The minimum absolute atomic E-state index is 0.0173. The molecule has 6 saturated heterocycles. The summed E-state index contributed by atoms with van der Waals surface area (Å²) in [5.74, 6) is -1.87. The highest BCUT2D eigenvalue weighted by Gasteiger charge is 2.72. The van der Waals surface area contributed by atoms with Crippen LogP contribution in [0.25, 0.3) is 0 Å². The van der Waals surface area contributed by atoms with Crippen LogP contribution in [0.15, 0.2) is 60.7 Å². The normalized spacial score (nSPS) is 30.0. The molecule has 3 aliphatic carbocycles. The van der Waals surface area contributed by atoms with Crippen molar-refractivity contribution in [3.8, 4) is 0 Å². The molecular formula is C60H78N6O12. The molecule has 9 unspecified atom stereocenters. The first-order chi connectivity index (χ1) is 37.8. The Bertz CT molecular complexity index is 2550. The first kappa shape index (κ1) is 55.9. The molecule has 2 aromatic rings. The van der Waals surface area contributed by atoms with Gasteiger partial charge in [0.2, 0.25) is 17.7 Å². The van der Waals surface area contributed by atoms with Gasteiger partial charge in [0.25, 0.3) is 0 Å². The molecule has 6 aliphatic heterocycles. The third-order valence-electron chi connectivity index (χ3n) is 19.3. The molecule has 3 N–H and O–H groups in total. The maximum atomic E-state index is 15.4. The Hall–Kier alpha value is -5.37. The fourth-order valence-corrected chi connectivity index (χ4v) is 15.8. The topological polar surface area (TPSA) is 232 Å². The summed E-state index contributed by atoms with van der Waals surface area (Å²) in [5.41, 5.74) is 1.12. The third-order valence-corrected chi connectivity index (χ3v) is 19.3. The average molecular weight is 1080 g/mol. The van der Waals surface area contributed by atoms with E-state index in [1.165, 1.54) is 4.90 Å². The molecule has 9 fully saturated rings. The molecule has 420 valence electrons. The highest BCUT2D eigenvalue weighted by molar-refractivity contribution is 6.13. The Morgan fingerprint density at radius 2 is 1.13 bits per heavy atom. The van der Waals surface area contributed by atoms with Gasteiger partial charge in [-0.05, 0) is 73.8 Å². The van der Waals surface area contributed by atoms with E-state index >= 15 is 4.79 Å². The number of hydrogen-bond acceptors (Lipinski definition) is 15. The van der Waals surface area contributed by atoms with Gasteiger partial charge in [-0.25, -0.2) is 0 Å². The molecule has 0 spiro atoms. The molecule has 78 heavy (non-hydrogen) atoms. The number of ether oxygens (including phenoxy) is 3. The number of nitrogens with two attached hydrogens (primary N) is 1. The lowest BCUT2D eigenvalue weighted by atomic mass is 9.80. The first-order valence-electron chi connectivity index (χ1n) is 29.0. The highest BCUT2D eigenvalue weighted by atomic mass is 16.5. The molecule has 6 heterocycles. The molecule has 9 atom stereocenters. The van der Waals surface area contributed by atoms with Gasteiger partial charge in [-0.2, -0.15) is 0 Å². The van der Waals surface area contributed by atoms with E-state index in [9.17, 15) is 38.4 Å². The Kier molecular flexibility index (Phi) is 17.0. The maximum absolute atomic E-state index is 15.4. The number of nitrogens with one attached hydrogen (secondary N) is 1. The largest absolute Gasteiger partial charge is 0.368 e. The standard InChI is InChI=1S/C37H48N4O8.C23H30N2O4/c38-34(47)37-30(45)22-49-31(37)15-17-40(37)36(24-43,20-27-12-6-7-13-27)41(32(46)18-25-8-2-1-3-9-25)35(23-42,19-26-10-4-5-11-26)39-16-14-29-33(39)28(44)21-48-29;26-16-23(14-18-8-4-5-9-18,25-13-12-20-22(25)19(27)15-29-20)24-21(28)11-10-17-6-2-1-3-7-17/h1-3,8-9,23-24,26-27,29,31,33H,4-7,10-22H2,(H2,38,47);1-3,6-7,16,18,20,22H,4-5,8-15H2,(H,24,28). The third kappa shape index (κ3) is 10.4. The van der Waals surface area contributed by atoms with Crippen molar-refractivity contribution in [3.63, 3.8) is 0 Å². The van der Waals surface area contributed by atoms with Gasteiger partial charge in [0.05, 0.1) is 36.8 Å². The van der Waals surface area contributed by atoms with Crippen LogP contribution in [0.5, 0.6) is 0 Å².